The summed E-state index contributed by atoms with van der Waals surface area (Å²) in [5, 5.41) is 3.30. The Morgan fingerprint density at radius 3 is 2.48 bits per heavy atom. The number of benzene rings is 1. The maximum absolute atomic E-state index is 12.1. The molecule has 0 bridgehead atoms. The summed E-state index contributed by atoms with van der Waals surface area (Å²) in [6.07, 6.45) is 1.59. The third kappa shape index (κ3) is 3.07. The number of aryl methyl sites for hydroxylation is 1. The Balaban J connectivity index is 2.30. The molecular weight excluding hydrogens is 266 g/mol. The van der Waals surface area contributed by atoms with Crippen LogP contribution in [0.1, 0.15) is 30.9 Å². The fourth-order valence-corrected chi connectivity index (χ4v) is 2.36. The third-order valence-electron chi connectivity index (χ3n) is 3.57. The number of aromatic nitrogens is 2. The average Bonchev–Trinajstić information content (AvgIpc) is 2.47. The molecule has 112 valence electrons. The van der Waals surface area contributed by atoms with Gasteiger partial charge in [0, 0.05) is 32.5 Å². The van der Waals surface area contributed by atoms with Crippen molar-refractivity contribution in [1.82, 2.24) is 9.13 Å². The number of nitrogens with one attached hydrogen (secondary N) is 1. The summed E-state index contributed by atoms with van der Waals surface area (Å²) in [5.41, 5.74) is 2.22. The molecule has 0 spiro atoms. The van der Waals surface area contributed by atoms with Crippen molar-refractivity contribution in [2.45, 2.75) is 26.3 Å². The molecule has 0 aliphatic carbocycles. The van der Waals surface area contributed by atoms with Gasteiger partial charge in [-0.2, -0.15) is 0 Å². The van der Waals surface area contributed by atoms with Crippen molar-refractivity contribution in [1.29, 1.82) is 0 Å². The Bertz CT molecular complexity index is 757. The van der Waals surface area contributed by atoms with E-state index < -0.39 is 0 Å². The van der Waals surface area contributed by atoms with Crippen molar-refractivity contribution < 1.29 is 0 Å². The number of nitrogens with zero attached hydrogens (tertiary/aromatic N) is 2. The normalized spacial score (nSPS) is 10.9. The summed E-state index contributed by atoms with van der Waals surface area (Å²) in [6.45, 7) is 4.65. The van der Waals surface area contributed by atoms with E-state index in [9.17, 15) is 9.59 Å². The van der Waals surface area contributed by atoms with Gasteiger partial charge in [-0.15, -0.1) is 0 Å². The van der Waals surface area contributed by atoms with E-state index in [0.29, 0.717) is 18.0 Å². The Hall–Kier alpha value is -2.30. The number of para-hydroxylation sites is 1. The van der Waals surface area contributed by atoms with Crippen LogP contribution in [0.4, 0.5) is 5.69 Å². The molecule has 5 heteroatoms. The van der Waals surface area contributed by atoms with E-state index >= 15 is 0 Å². The van der Waals surface area contributed by atoms with Crippen molar-refractivity contribution in [2.24, 2.45) is 14.1 Å². The quantitative estimate of drug-likeness (QED) is 0.933. The van der Waals surface area contributed by atoms with Crippen molar-refractivity contribution in [3.05, 3.63) is 62.4 Å². The maximum atomic E-state index is 12.1. The number of rotatable bonds is 4. The lowest BCUT2D eigenvalue weighted by atomic mass is 10.0. The van der Waals surface area contributed by atoms with Gasteiger partial charge in [0.15, 0.2) is 0 Å². The van der Waals surface area contributed by atoms with E-state index in [4.69, 9.17) is 0 Å². The Morgan fingerprint density at radius 1 is 1.14 bits per heavy atom. The topological polar surface area (TPSA) is 56.0 Å². The van der Waals surface area contributed by atoms with Crippen molar-refractivity contribution in [2.75, 3.05) is 5.32 Å². The molecule has 5 nitrogen and oxygen atoms in total. The molecular formula is C16H21N3O2. The van der Waals surface area contributed by atoms with E-state index in [-0.39, 0.29) is 11.2 Å². The molecule has 1 aromatic heterocycles. The summed E-state index contributed by atoms with van der Waals surface area (Å²) in [4.78, 5) is 23.8. The number of anilines is 1. The zero-order chi connectivity index (χ0) is 15.6. The highest BCUT2D eigenvalue weighted by Crippen LogP contribution is 2.23. The lowest BCUT2D eigenvalue weighted by Crippen LogP contribution is -2.38. The fourth-order valence-electron chi connectivity index (χ4n) is 2.36. The van der Waals surface area contributed by atoms with Crippen LogP contribution in [0.3, 0.4) is 0 Å². The SMILES string of the molecule is CC(C)c1ccccc1NCc1cn(C)c(=O)n(C)c1=O. The van der Waals surface area contributed by atoms with Crippen LogP contribution in [0, 0.1) is 0 Å². The summed E-state index contributed by atoms with van der Waals surface area (Å²) in [6, 6.07) is 8.05. The molecule has 0 aliphatic rings. The monoisotopic (exact) mass is 287 g/mol. The molecule has 0 atom stereocenters. The minimum Gasteiger partial charge on any atom is -0.380 e. The Morgan fingerprint density at radius 2 is 1.81 bits per heavy atom. The molecule has 2 aromatic rings. The van der Waals surface area contributed by atoms with Gasteiger partial charge in [0.2, 0.25) is 0 Å². The summed E-state index contributed by atoms with van der Waals surface area (Å²) >= 11 is 0. The summed E-state index contributed by atoms with van der Waals surface area (Å²) < 4.78 is 2.55. The van der Waals surface area contributed by atoms with Gasteiger partial charge in [0.25, 0.3) is 5.56 Å². The van der Waals surface area contributed by atoms with E-state index in [0.717, 1.165) is 10.3 Å². The molecule has 21 heavy (non-hydrogen) atoms. The fraction of sp³-hybridized carbons (Fsp3) is 0.375. The second-order valence-corrected chi connectivity index (χ2v) is 5.51. The minimum atomic E-state index is -0.314. The minimum absolute atomic E-state index is 0.257. The van der Waals surface area contributed by atoms with Crippen molar-refractivity contribution in [3.8, 4) is 0 Å². The zero-order valence-corrected chi connectivity index (χ0v) is 12.9. The predicted molar refractivity (Wildman–Crippen MR) is 84.8 cm³/mol. The molecule has 0 amide bonds. The molecule has 1 aromatic carbocycles. The van der Waals surface area contributed by atoms with Crippen molar-refractivity contribution >= 4 is 5.69 Å². The van der Waals surface area contributed by atoms with Gasteiger partial charge >= 0.3 is 5.69 Å². The summed E-state index contributed by atoms with van der Waals surface area (Å²) in [5.74, 6) is 0.400. The van der Waals surface area contributed by atoms with E-state index in [2.05, 4.69) is 25.2 Å². The molecule has 0 fully saturated rings. The highest BCUT2D eigenvalue weighted by molar-refractivity contribution is 5.52. The zero-order valence-electron chi connectivity index (χ0n) is 12.9. The van der Waals surface area contributed by atoms with Crippen LogP contribution in [0.25, 0.3) is 0 Å². The third-order valence-corrected chi connectivity index (χ3v) is 3.57. The second kappa shape index (κ2) is 5.99. The number of hydrogen-bond donors (Lipinski definition) is 1. The van der Waals surface area contributed by atoms with E-state index in [1.54, 1.807) is 13.2 Å². The van der Waals surface area contributed by atoms with Gasteiger partial charge in [-0.1, -0.05) is 32.0 Å². The van der Waals surface area contributed by atoms with Gasteiger partial charge < -0.3 is 9.88 Å². The Labute approximate surface area is 123 Å². The molecule has 0 saturated carbocycles. The summed E-state index contributed by atoms with van der Waals surface area (Å²) in [7, 11) is 3.14. The molecule has 2 rings (SSSR count). The molecule has 0 unspecified atom stereocenters. The standard InChI is InChI=1S/C16H21N3O2/c1-11(2)13-7-5-6-8-14(13)17-9-12-10-18(3)16(21)19(4)15(12)20/h5-8,10-11,17H,9H2,1-4H3. The molecule has 0 saturated heterocycles. The van der Waals surface area contributed by atoms with Crippen LogP contribution >= 0.6 is 0 Å². The van der Waals surface area contributed by atoms with E-state index in [1.165, 1.54) is 17.2 Å². The van der Waals surface area contributed by atoms with E-state index in [1.807, 2.05) is 18.2 Å². The van der Waals surface area contributed by atoms with Crippen LogP contribution in [-0.4, -0.2) is 9.13 Å². The average molecular weight is 287 g/mol. The number of hydrogen-bond acceptors (Lipinski definition) is 3. The van der Waals surface area contributed by atoms with Crippen LogP contribution in [0.5, 0.6) is 0 Å². The van der Waals surface area contributed by atoms with Crippen LogP contribution in [0.15, 0.2) is 40.1 Å². The maximum Gasteiger partial charge on any atom is 0.330 e. The van der Waals surface area contributed by atoms with Crippen LogP contribution < -0.4 is 16.6 Å². The first-order valence-electron chi connectivity index (χ1n) is 7.00. The van der Waals surface area contributed by atoms with Gasteiger partial charge in [0.1, 0.15) is 0 Å². The highest BCUT2D eigenvalue weighted by atomic mass is 16.2. The largest absolute Gasteiger partial charge is 0.380 e. The molecule has 0 aliphatic heterocycles. The molecule has 1 heterocycles. The van der Waals surface area contributed by atoms with Gasteiger partial charge in [-0.05, 0) is 17.5 Å². The predicted octanol–water partition coefficient (Wildman–Crippen LogP) is 1.82. The lowest BCUT2D eigenvalue weighted by Gasteiger charge is -2.15. The van der Waals surface area contributed by atoms with Gasteiger partial charge in [-0.25, -0.2) is 4.79 Å². The van der Waals surface area contributed by atoms with Crippen LogP contribution in [-0.2, 0) is 20.6 Å². The lowest BCUT2D eigenvalue weighted by molar-refractivity contribution is 0.671. The smallest absolute Gasteiger partial charge is 0.330 e. The first-order chi connectivity index (χ1) is 9.91. The molecule has 1 N–H and O–H groups in total. The van der Waals surface area contributed by atoms with Gasteiger partial charge in [-0.3, -0.25) is 9.36 Å². The Kier molecular flexibility index (Phi) is 4.31. The highest BCUT2D eigenvalue weighted by Gasteiger charge is 2.09. The second-order valence-electron chi connectivity index (χ2n) is 5.51. The van der Waals surface area contributed by atoms with Crippen LogP contribution in [0.2, 0.25) is 0 Å². The first kappa shape index (κ1) is 15.1. The van der Waals surface area contributed by atoms with Crippen molar-refractivity contribution in [3.63, 3.8) is 0 Å². The van der Waals surface area contributed by atoms with Gasteiger partial charge in [0.05, 0.1) is 5.56 Å². The molecule has 0 radical (unpaired) electrons. The first-order valence-corrected chi connectivity index (χ1v) is 7.00.